The van der Waals surface area contributed by atoms with E-state index in [4.69, 9.17) is 5.41 Å². The average Bonchev–Trinajstić information content (AvgIpc) is 3.51. The van der Waals surface area contributed by atoms with E-state index < -0.39 is 0 Å². The molecule has 0 amide bonds. The Morgan fingerprint density at radius 3 is 2.00 bits per heavy atom. The van der Waals surface area contributed by atoms with Crippen LogP contribution in [0.1, 0.15) is 5.56 Å². The van der Waals surface area contributed by atoms with Crippen molar-refractivity contribution in [2.45, 2.75) is 19.6 Å². The number of rotatable bonds is 4. The zero-order chi connectivity index (χ0) is 33.2. The van der Waals surface area contributed by atoms with Gasteiger partial charge < -0.3 is 5.41 Å². The zero-order valence-corrected chi connectivity index (χ0v) is 28.5. The second kappa shape index (κ2) is 11.7. The molecular weight excluding hydrogens is 647 g/mol. The highest BCUT2D eigenvalue weighted by Gasteiger charge is 2.27. The van der Waals surface area contributed by atoms with Gasteiger partial charge in [-0.05, 0) is 56.9 Å². The van der Waals surface area contributed by atoms with Crippen LogP contribution in [0.15, 0.2) is 189 Å². The quantitative estimate of drug-likeness (QED) is 0.195. The molecule has 8 aromatic rings. The van der Waals surface area contributed by atoms with E-state index in [1.807, 2.05) is 47.8 Å². The number of fused-ring (bicyclic) bond motifs is 10. The first-order valence-corrected chi connectivity index (χ1v) is 18.3. The second-order valence-electron chi connectivity index (χ2n) is 12.6. The number of nitrogens with zero attached hydrogens (tertiary/aromatic N) is 1. The predicted molar refractivity (Wildman–Crippen MR) is 213 cm³/mol. The Morgan fingerprint density at radius 2 is 1.20 bits per heavy atom. The molecule has 7 aromatic carbocycles. The summed E-state index contributed by atoms with van der Waals surface area (Å²) in [6, 6.07) is 50.0. The van der Waals surface area contributed by atoms with E-state index in [9.17, 15) is 0 Å². The monoisotopic (exact) mass is 675 g/mol. The summed E-state index contributed by atoms with van der Waals surface area (Å²) < 4.78 is 2.28. The van der Waals surface area contributed by atoms with Gasteiger partial charge in [0.15, 0.2) is 0 Å². The molecule has 0 unspecified atom stereocenters. The Kier molecular flexibility index (Phi) is 6.83. The van der Waals surface area contributed by atoms with Crippen molar-refractivity contribution in [1.29, 1.82) is 5.41 Å². The molecule has 1 aromatic heterocycles. The van der Waals surface area contributed by atoms with E-state index in [2.05, 4.69) is 150 Å². The molecule has 50 heavy (non-hydrogen) atoms. The normalized spacial score (nSPS) is 14.8. The van der Waals surface area contributed by atoms with Crippen molar-refractivity contribution in [1.82, 2.24) is 4.68 Å². The maximum absolute atomic E-state index is 9.04. The minimum Gasteiger partial charge on any atom is -0.300 e. The number of aromatic nitrogens is 1. The number of benzene rings is 7. The summed E-state index contributed by atoms with van der Waals surface area (Å²) in [6.45, 7) is 0. The third kappa shape index (κ3) is 4.58. The van der Waals surface area contributed by atoms with Crippen LogP contribution in [0.4, 0.5) is 0 Å². The lowest BCUT2D eigenvalue weighted by Crippen LogP contribution is -2.18. The first-order valence-electron chi connectivity index (χ1n) is 16.7. The number of hydrogen-bond donors (Lipinski definition) is 2. The molecule has 10 rings (SSSR count). The molecule has 0 spiro atoms. The van der Waals surface area contributed by atoms with Gasteiger partial charge in [0.2, 0.25) is 0 Å². The maximum Gasteiger partial charge on any atom is 0.0867 e. The number of hydrogen-bond acceptors (Lipinski definition) is 4. The highest BCUT2D eigenvalue weighted by molar-refractivity contribution is 8.05. The summed E-state index contributed by atoms with van der Waals surface area (Å²) in [5, 5.41) is 16.4. The molecule has 2 heterocycles. The van der Waals surface area contributed by atoms with E-state index in [1.54, 1.807) is 0 Å². The molecule has 2 N–H and O–H groups in total. The molecule has 0 saturated heterocycles. The molecule has 236 valence electrons. The van der Waals surface area contributed by atoms with Gasteiger partial charge in [-0.2, -0.15) is 0 Å². The van der Waals surface area contributed by atoms with Gasteiger partial charge in [-0.25, -0.2) is 0 Å². The van der Waals surface area contributed by atoms with E-state index in [-0.39, 0.29) is 0 Å². The van der Waals surface area contributed by atoms with Gasteiger partial charge in [-0.3, -0.25) is 10.1 Å². The van der Waals surface area contributed by atoms with Gasteiger partial charge in [0, 0.05) is 36.6 Å². The maximum atomic E-state index is 9.04. The third-order valence-corrected chi connectivity index (χ3v) is 12.3. The summed E-state index contributed by atoms with van der Waals surface area (Å²) in [6.07, 6.45) is 7.86. The highest BCUT2D eigenvalue weighted by atomic mass is 32.2. The number of para-hydroxylation sites is 1. The summed E-state index contributed by atoms with van der Waals surface area (Å²) in [5.41, 5.74) is 11.8. The Morgan fingerprint density at radius 1 is 0.560 bits per heavy atom. The van der Waals surface area contributed by atoms with Gasteiger partial charge in [-0.1, -0.05) is 163 Å². The standard InChI is InChI=1S/C45H29N3S2/c46-37-20-7-5-17-35(37)42(30-26-24-29(25-27-30)32-19-11-13-28-12-1-2-14-31(28)32)47-48-38-21-8-6-18-36(38)41-33-15-3-4-16-34(33)44-45(43(41)48)50-40-23-10-9-22-39(40)49-44/h1-27,46-47H/b42-35-,46-37?. The van der Waals surface area contributed by atoms with Crippen molar-refractivity contribution in [3.05, 3.63) is 175 Å². The molecule has 0 radical (unpaired) electrons. The van der Waals surface area contributed by atoms with Crippen molar-refractivity contribution in [2.75, 3.05) is 5.43 Å². The fourth-order valence-corrected chi connectivity index (χ4v) is 9.93. The lowest BCUT2D eigenvalue weighted by atomic mass is 9.95. The molecule has 3 nitrogen and oxygen atoms in total. The van der Waals surface area contributed by atoms with Crippen LogP contribution < -0.4 is 5.43 Å². The Hall–Kier alpha value is -5.75. The van der Waals surface area contributed by atoms with Crippen molar-refractivity contribution in [3.63, 3.8) is 0 Å². The van der Waals surface area contributed by atoms with Gasteiger partial charge in [0.25, 0.3) is 0 Å². The Bertz CT molecular complexity index is 2800. The zero-order valence-electron chi connectivity index (χ0n) is 26.9. The minimum absolute atomic E-state index is 0.472. The fourth-order valence-electron chi connectivity index (χ4n) is 7.39. The molecule has 5 heteroatoms. The van der Waals surface area contributed by atoms with Crippen LogP contribution >= 0.6 is 23.5 Å². The lowest BCUT2D eigenvalue weighted by molar-refractivity contribution is 1.03. The van der Waals surface area contributed by atoms with Crippen LogP contribution in [0.5, 0.6) is 0 Å². The fraction of sp³-hybridized carbons (Fsp3) is 0. The van der Waals surface area contributed by atoms with Crippen molar-refractivity contribution in [3.8, 4) is 11.1 Å². The van der Waals surface area contributed by atoms with Gasteiger partial charge in [0.1, 0.15) is 0 Å². The average molecular weight is 676 g/mol. The van der Waals surface area contributed by atoms with Crippen LogP contribution in [0, 0.1) is 5.41 Å². The van der Waals surface area contributed by atoms with Crippen molar-refractivity contribution >= 4 is 78.3 Å². The van der Waals surface area contributed by atoms with Gasteiger partial charge >= 0.3 is 0 Å². The topological polar surface area (TPSA) is 40.8 Å². The second-order valence-corrected chi connectivity index (χ2v) is 14.7. The van der Waals surface area contributed by atoms with Crippen LogP contribution in [0.2, 0.25) is 0 Å². The number of allylic oxidation sites excluding steroid dienone is 5. The third-order valence-electron chi connectivity index (χ3n) is 9.70. The molecule has 2 aliphatic rings. The van der Waals surface area contributed by atoms with Crippen LogP contribution in [0.3, 0.4) is 0 Å². The molecule has 0 saturated carbocycles. The molecule has 1 aliphatic carbocycles. The first-order chi connectivity index (χ1) is 24.7. The van der Waals surface area contributed by atoms with Crippen LogP contribution in [-0.4, -0.2) is 10.4 Å². The highest BCUT2D eigenvalue weighted by Crippen LogP contribution is 2.55. The Labute approximate surface area is 298 Å². The molecule has 0 atom stereocenters. The molecule has 1 aliphatic heterocycles. The largest absolute Gasteiger partial charge is 0.300 e. The van der Waals surface area contributed by atoms with Gasteiger partial charge in [-0.15, -0.1) is 0 Å². The lowest BCUT2D eigenvalue weighted by Gasteiger charge is -2.24. The summed E-state index contributed by atoms with van der Waals surface area (Å²) in [7, 11) is 0. The predicted octanol–water partition coefficient (Wildman–Crippen LogP) is 12.5. The van der Waals surface area contributed by atoms with Crippen molar-refractivity contribution < 1.29 is 0 Å². The van der Waals surface area contributed by atoms with Crippen molar-refractivity contribution in [2.24, 2.45) is 0 Å². The van der Waals surface area contributed by atoms with Crippen LogP contribution in [0.25, 0.3) is 60.2 Å². The Balaban J connectivity index is 1.21. The molecule has 0 fully saturated rings. The van der Waals surface area contributed by atoms with Gasteiger partial charge in [0.05, 0.1) is 27.3 Å². The van der Waals surface area contributed by atoms with Crippen LogP contribution in [-0.2, 0) is 0 Å². The summed E-state index contributed by atoms with van der Waals surface area (Å²) >= 11 is 3.71. The summed E-state index contributed by atoms with van der Waals surface area (Å²) in [5.74, 6) is 0. The smallest absolute Gasteiger partial charge is 0.0867 e. The van der Waals surface area contributed by atoms with E-state index >= 15 is 0 Å². The van der Waals surface area contributed by atoms with E-state index in [0.29, 0.717) is 5.71 Å². The minimum atomic E-state index is 0.472. The van der Waals surface area contributed by atoms with E-state index in [0.717, 1.165) is 33.4 Å². The van der Waals surface area contributed by atoms with E-state index in [1.165, 1.54) is 57.5 Å². The summed E-state index contributed by atoms with van der Waals surface area (Å²) in [4.78, 5) is 5.08. The SMILES string of the molecule is N=C1C=CC=C/C1=C(/Nn1c2ccccc2c2c3ccccc3c3c(c21)Sc1ccccc1S3)c1ccc(-c2cccc3ccccc23)cc1. The first kappa shape index (κ1) is 29.2. The molecule has 0 bridgehead atoms. The number of nitrogens with one attached hydrogen (secondary N) is 2. The molecular formula is C45H29N3S2.